The molecule has 2 rings (SSSR count). The number of rotatable bonds is 2. The first-order valence-electron chi connectivity index (χ1n) is 4.50. The van der Waals surface area contributed by atoms with Gasteiger partial charge in [-0.05, 0) is 23.9 Å². The molecule has 2 aromatic rings. The first-order chi connectivity index (χ1) is 7.09. The molecule has 0 amide bonds. The zero-order chi connectivity index (χ0) is 11.0. The molecule has 1 atom stereocenters. The Bertz CT molecular complexity index is 477. The van der Waals surface area contributed by atoms with E-state index in [2.05, 4.69) is 5.10 Å². The van der Waals surface area contributed by atoms with Gasteiger partial charge in [0.25, 0.3) is 0 Å². The van der Waals surface area contributed by atoms with Crippen molar-refractivity contribution in [1.82, 2.24) is 9.78 Å². The van der Waals surface area contributed by atoms with Crippen LogP contribution in [0.3, 0.4) is 0 Å². The van der Waals surface area contributed by atoms with E-state index in [1.165, 1.54) is 11.3 Å². The Morgan fingerprint density at radius 2 is 2.33 bits per heavy atom. The number of aliphatic hydroxyl groups is 1. The molecule has 0 bridgehead atoms. The number of aliphatic hydroxyl groups excluding tert-OH is 1. The maximum absolute atomic E-state index is 10.0. The van der Waals surface area contributed by atoms with Gasteiger partial charge in [-0.15, -0.1) is 11.3 Å². The van der Waals surface area contributed by atoms with Gasteiger partial charge >= 0.3 is 0 Å². The molecule has 2 heterocycles. The van der Waals surface area contributed by atoms with Crippen molar-refractivity contribution in [3.05, 3.63) is 38.8 Å². The minimum absolute atomic E-state index is 0.626. The van der Waals surface area contributed by atoms with Crippen LogP contribution in [0.4, 0.5) is 0 Å². The van der Waals surface area contributed by atoms with E-state index in [-0.39, 0.29) is 0 Å². The lowest BCUT2D eigenvalue weighted by Crippen LogP contribution is -2.00. The number of hydrogen-bond acceptors (Lipinski definition) is 3. The minimum Gasteiger partial charge on any atom is -0.381 e. The Hall–Kier alpha value is -0.840. The van der Waals surface area contributed by atoms with Gasteiger partial charge in [0.15, 0.2) is 0 Å². The van der Waals surface area contributed by atoms with Crippen LogP contribution in [0.15, 0.2) is 17.6 Å². The third kappa shape index (κ3) is 1.93. The van der Waals surface area contributed by atoms with Crippen molar-refractivity contribution in [2.45, 2.75) is 13.0 Å². The van der Waals surface area contributed by atoms with E-state index in [1.54, 1.807) is 16.9 Å². The van der Waals surface area contributed by atoms with E-state index in [0.29, 0.717) is 10.7 Å². The third-order valence-corrected chi connectivity index (χ3v) is 3.95. The Kier molecular flexibility index (Phi) is 2.82. The van der Waals surface area contributed by atoms with E-state index in [0.717, 1.165) is 10.4 Å². The second kappa shape index (κ2) is 3.96. The van der Waals surface area contributed by atoms with E-state index in [9.17, 15) is 5.11 Å². The van der Waals surface area contributed by atoms with Crippen LogP contribution in [-0.4, -0.2) is 14.9 Å². The number of aryl methyl sites for hydroxylation is 2. The quantitative estimate of drug-likeness (QED) is 0.879. The highest BCUT2D eigenvalue weighted by Gasteiger charge is 2.19. The molecule has 0 aliphatic carbocycles. The fraction of sp³-hybridized carbons (Fsp3) is 0.300. The van der Waals surface area contributed by atoms with Gasteiger partial charge in [-0.3, -0.25) is 4.68 Å². The summed E-state index contributed by atoms with van der Waals surface area (Å²) in [4.78, 5) is 0.757. The normalized spacial score (nSPS) is 13.1. The second-order valence-corrected chi connectivity index (χ2v) is 4.70. The van der Waals surface area contributed by atoms with Crippen LogP contribution in [-0.2, 0) is 7.05 Å². The topological polar surface area (TPSA) is 38.0 Å². The smallest absolute Gasteiger partial charge is 0.133 e. The van der Waals surface area contributed by atoms with Crippen LogP contribution in [0.25, 0.3) is 0 Å². The van der Waals surface area contributed by atoms with Gasteiger partial charge in [-0.2, -0.15) is 5.10 Å². The predicted octanol–water partition coefficient (Wildman–Crippen LogP) is 2.53. The highest BCUT2D eigenvalue weighted by atomic mass is 35.5. The fourth-order valence-electron chi connectivity index (χ4n) is 1.35. The van der Waals surface area contributed by atoms with Crippen LogP contribution >= 0.6 is 22.9 Å². The Morgan fingerprint density at radius 1 is 1.60 bits per heavy atom. The molecule has 1 N–H and O–H groups in total. The molecule has 0 aliphatic heterocycles. The molecular formula is C10H11ClN2OS. The molecule has 1 unspecified atom stereocenters. The van der Waals surface area contributed by atoms with Gasteiger partial charge in [-0.25, -0.2) is 0 Å². The Morgan fingerprint density at radius 3 is 2.80 bits per heavy atom. The monoisotopic (exact) mass is 242 g/mol. The number of aromatic nitrogens is 2. The summed E-state index contributed by atoms with van der Waals surface area (Å²) in [5.74, 6) is 0. The number of nitrogens with zero attached hydrogens (tertiary/aromatic N) is 2. The van der Waals surface area contributed by atoms with E-state index >= 15 is 0 Å². The molecule has 0 radical (unpaired) electrons. The molecule has 0 saturated heterocycles. The van der Waals surface area contributed by atoms with Gasteiger partial charge in [0.05, 0.1) is 15.6 Å². The lowest BCUT2D eigenvalue weighted by molar-refractivity contribution is 0.218. The summed E-state index contributed by atoms with van der Waals surface area (Å²) in [5, 5.41) is 16.8. The van der Waals surface area contributed by atoms with E-state index in [4.69, 9.17) is 11.6 Å². The van der Waals surface area contributed by atoms with Crippen molar-refractivity contribution >= 4 is 22.9 Å². The van der Waals surface area contributed by atoms with Crippen molar-refractivity contribution in [1.29, 1.82) is 0 Å². The van der Waals surface area contributed by atoms with Crippen LogP contribution in [0, 0.1) is 6.92 Å². The Labute approximate surface area is 96.9 Å². The first-order valence-corrected chi connectivity index (χ1v) is 5.76. The summed E-state index contributed by atoms with van der Waals surface area (Å²) in [6.07, 6.45) is 1.07. The standard InChI is InChI=1S/C10H11ClN2OS/c1-6-5-15-10(8(6)11)9(14)7-3-4-13(2)12-7/h3-5,9,14H,1-2H3. The van der Waals surface area contributed by atoms with Gasteiger partial charge < -0.3 is 5.11 Å². The SMILES string of the molecule is Cc1csc(C(O)c2ccn(C)n2)c1Cl. The van der Waals surface area contributed by atoms with Gasteiger partial charge in [-0.1, -0.05) is 11.6 Å². The molecule has 0 fully saturated rings. The molecular weight excluding hydrogens is 232 g/mol. The van der Waals surface area contributed by atoms with Gasteiger partial charge in [0, 0.05) is 13.2 Å². The summed E-state index contributed by atoms with van der Waals surface area (Å²) in [7, 11) is 1.82. The minimum atomic E-state index is -0.725. The third-order valence-electron chi connectivity index (χ3n) is 2.19. The summed E-state index contributed by atoms with van der Waals surface area (Å²) in [5.41, 5.74) is 1.62. The fourth-order valence-corrected chi connectivity index (χ4v) is 2.64. The lowest BCUT2D eigenvalue weighted by atomic mass is 10.2. The second-order valence-electron chi connectivity index (χ2n) is 3.41. The molecule has 0 spiro atoms. The zero-order valence-electron chi connectivity index (χ0n) is 8.44. The van der Waals surface area contributed by atoms with Crippen molar-refractivity contribution in [2.75, 3.05) is 0 Å². The zero-order valence-corrected chi connectivity index (χ0v) is 10.0. The molecule has 3 nitrogen and oxygen atoms in total. The van der Waals surface area contributed by atoms with Crippen molar-refractivity contribution in [3.8, 4) is 0 Å². The lowest BCUT2D eigenvalue weighted by Gasteiger charge is -2.05. The average Bonchev–Trinajstić information content (AvgIpc) is 2.75. The predicted molar refractivity (Wildman–Crippen MR) is 61.3 cm³/mol. The molecule has 5 heteroatoms. The number of thiophene rings is 1. The van der Waals surface area contributed by atoms with E-state index < -0.39 is 6.10 Å². The summed E-state index contributed by atoms with van der Waals surface area (Å²) in [6, 6.07) is 1.79. The van der Waals surface area contributed by atoms with Gasteiger partial charge in [0.2, 0.25) is 0 Å². The van der Waals surface area contributed by atoms with Crippen LogP contribution in [0.1, 0.15) is 22.2 Å². The average molecular weight is 243 g/mol. The molecule has 0 saturated carbocycles. The highest BCUT2D eigenvalue weighted by Crippen LogP contribution is 2.34. The number of halogens is 1. The van der Waals surface area contributed by atoms with Crippen molar-refractivity contribution in [2.24, 2.45) is 7.05 Å². The maximum Gasteiger partial charge on any atom is 0.133 e. The highest BCUT2D eigenvalue weighted by molar-refractivity contribution is 7.10. The summed E-state index contributed by atoms with van der Waals surface area (Å²) in [6.45, 7) is 1.92. The molecule has 15 heavy (non-hydrogen) atoms. The summed E-state index contributed by atoms with van der Waals surface area (Å²) < 4.78 is 1.66. The molecule has 0 aliphatic rings. The summed E-state index contributed by atoms with van der Waals surface area (Å²) >= 11 is 7.53. The van der Waals surface area contributed by atoms with Crippen LogP contribution in [0.2, 0.25) is 5.02 Å². The Balaban J connectivity index is 2.36. The molecule has 2 aromatic heterocycles. The first kappa shape index (κ1) is 10.7. The van der Waals surface area contributed by atoms with Crippen molar-refractivity contribution < 1.29 is 5.11 Å². The molecule has 0 aromatic carbocycles. The maximum atomic E-state index is 10.0. The van der Waals surface area contributed by atoms with Crippen LogP contribution < -0.4 is 0 Å². The van der Waals surface area contributed by atoms with Crippen molar-refractivity contribution in [3.63, 3.8) is 0 Å². The van der Waals surface area contributed by atoms with Gasteiger partial charge in [0.1, 0.15) is 6.10 Å². The van der Waals surface area contributed by atoms with E-state index in [1.807, 2.05) is 19.4 Å². The molecule has 80 valence electrons. The number of hydrogen-bond donors (Lipinski definition) is 1. The van der Waals surface area contributed by atoms with Crippen LogP contribution in [0.5, 0.6) is 0 Å². The largest absolute Gasteiger partial charge is 0.381 e.